The molecule has 0 aromatic carbocycles. The standard InChI is InChI=1S/C7H10BrN3/c1-4(9)7-6(10)2-5(8)3-11-7/h2-4H,9-10H2,1H3. The van der Waals surface area contributed by atoms with Crippen LogP contribution in [0, 0.1) is 0 Å². The van der Waals surface area contributed by atoms with Crippen LogP contribution in [-0.4, -0.2) is 4.98 Å². The Labute approximate surface area is 73.9 Å². The minimum absolute atomic E-state index is 0.108. The molecule has 0 fully saturated rings. The Balaban J connectivity index is 3.09. The van der Waals surface area contributed by atoms with Crippen molar-refractivity contribution in [1.29, 1.82) is 0 Å². The molecule has 0 radical (unpaired) electrons. The molecule has 1 rings (SSSR count). The molecule has 0 saturated carbocycles. The third-order valence-electron chi connectivity index (χ3n) is 1.35. The average Bonchev–Trinajstić information content (AvgIpc) is 1.85. The number of hydrogen-bond donors (Lipinski definition) is 2. The molecule has 0 aliphatic heterocycles. The minimum atomic E-state index is -0.108. The fourth-order valence-corrected chi connectivity index (χ4v) is 1.19. The number of halogens is 1. The first-order chi connectivity index (χ1) is 5.11. The van der Waals surface area contributed by atoms with Gasteiger partial charge in [-0.25, -0.2) is 0 Å². The van der Waals surface area contributed by atoms with Gasteiger partial charge in [0, 0.05) is 16.7 Å². The van der Waals surface area contributed by atoms with E-state index >= 15 is 0 Å². The van der Waals surface area contributed by atoms with Gasteiger partial charge in [-0.15, -0.1) is 0 Å². The van der Waals surface area contributed by atoms with Gasteiger partial charge in [-0.05, 0) is 28.9 Å². The summed E-state index contributed by atoms with van der Waals surface area (Å²) in [5, 5.41) is 0. The van der Waals surface area contributed by atoms with Gasteiger partial charge in [-0.2, -0.15) is 0 Å². The van der Waals surface area contributed by atoms with Crippen LogP contribution in [0.5, 0.6) is 0 Å². The lowest BCUT2D eigenvalue weighted by Gasteiger charge is -2.07. The summed E-state index contributed by atoms with van der Waals surface area (Å²) in [5.74, 6) is 0. The molecule has 4 N–H and O–H groups in total. The van der Waals surface area contributed by atoms with Crippen molar-refractivity contribution < 1.29 is 0 Å². The molecule has 0 saturated heterocycles. The highest BCUT2D eigenvalue weighted by Gasteiger charge is 2.05. The third-order valence-corrected chi connectivity index (χ3v) is 1.78. The first kappa shape index (κ1) is 8.49. The number of nitrogens with two attached hydrogens (primary N) is 2. The summed E-state index contributed by atoms with van der Waals surface area (Å²) in [6.07, 6.45) is 1.69. The van der Waals surface area contributed by atoms with Crippen LogP contribution >= 0.6 is 15.9 Å². The van der Waals surface area contributed by atoms with Gasteiger partial charge in [0.05, 0.1) is 11.4 Å². The predicted molar refractivity (Wildman–Crippen MR) is 49.0 cm³/mol. The van der Waals surface area contributed by atoms with Crippen LogP contribution in [0.15, 0.2) is 16.7 Å². The number of pyridine rings is 1. The number of hydrogen-bond acceptors (Lipinski definition) is 3. The second-order valence-electron chi connectivity index (χ2n) is 2.42. The smallest absolute Gasteiger partial charge is 0.0797 e. The van der Waals surface area contributed by atoms with Crippen LogP contribution in [0.1, 0.15) is 18.7 Å². The van der Waals surface area contributed by atoms with Crippen LogP contribution in [0.3, 0.4) is 0 Å². The Morgan fingerprint density at radius 3 is 2.73 bits per heavy atom. The fraction of sp³-hybridized carbons (Fsp3) is 0.286. The van der Waals surface area contributed by atoms with Crippen molar-refractivity contribution in [3.8, 4) is 0 Å². The summed E-state index contributed by atoms with van der Waals surface area (Å²) in [5.41, 5.74) is 12.6. The monoisotopic (exact) mass is 215 g/mol. The van der Waals surface area contributed by atoms with Gasteiger partial charge in [-0.1, -0.05) is 0 Å². The molecule has 1 heterocycles. The van der Waals surface area contributed by atoms with Crippen molar-refractivity contribution in [1.82, 2.24) is 4.98 Å². The quantitative estimate of drug-likeness (QED) is 0.746. The minimum Gasteiger partial charge on any atom is -0.397 e. The van der Waals surface area contributed by atoms with Crippen molar-refractivity contribution in [2.24, 2.45) is 5.73 Å². The number of anilines is 1. The molecule has 3 nitrogen and oxygen atoms in total. The summed E-state index contributed by atoms with van der Waals surface area (Å²) in [7, 11) is 0. The van der Waals surface area contributed by atoms with Crippen LogP contribution < -0.4 is 11.5 Å². The second-order valence-corrected chi connectivity index (χ2v) is 3.33. The van der Waals surface area contributed by atoms with Gasteiger partial charge >= 0.3 is 0 Å². The highest BCUT2D eigenvalue weighted by Crippen LogP contribution is 2.19. The summed E-state index contributed by atoms with van der Waals surface area (Å²) >= 11 is 3.26. The molecule has 0 spiro atoms. The van der Waals surface area contributed by atoms with E-state index in [1.54, 1.807) is 12.3 Å². The highest BCUT2D eigenvalue weighted by atomic mass is 79.9. The Morgan fingerprint density at radius 2 is 2.27 bits per heavy atom. The lowest BCUT2D eigenvalue weighted by Crippen LogP contribution is -2.10. The van der Waals surface area contributed by atoms with Crippen molar-refractivity contribution in [2.75, 3.05) is 5.73 Å². The molecule has 1 unspecified atom stereocenters. The van der Waals surface area contributed by atoms with Gasteiger partial charge in [0.2, 0.25) is 0 Å². The number of nitrogens with zero attached hydrogens (tertiary/aromatic N) is 1. The van der Waals surface area contributed by atoms with E-state index < -0.39 is 0 Å². The second kappa shape index (κ2) is 3.19. The summed E-state index contributed by atoms with van der Waals surface area (Å²) < 4.78 is 0.874. The summed E-state index contributed by atoms with van der Waals surface area (Å²) in [6, 6.07) is 1.69. The van der Waals surface area contributed by atoms with Crippen LogP contribution in [0.4, 0.5) is 5.69 Å². The van der Waals surface area contributed by atoms with Gasteiger partial charge in [0.1, 0.15) is 0 Å². The number of nitrogen functional groups attached to an aromatic ring is 1. The Hall–Kier alpha value is -0.610. The van der Waals surface area contributed by atoms with E-state index in [-0.39, 0.29) is 6.04 Å². The Morgan fingerprint density at radius 1 is 1.64 bits per heavy atom. The molecular weight excluding hydrogens is 206 g/mol. The highest BCUT2D eigenvalue weighted by molar-refractivity contribution is 9.10. The molecule has 60 valence electrons. The van der Waals surface area contributed by atoms with E-state index in [9.17, 15) is 0 Å². The SMILES string of the molecule is CC(N)c1ncc(Br)cc1N. The van der Waals surface area contributed by atoms with E-state index in [2.05, 4.69) is 20.9 Å². The maximum Gasteiger partial charge on any atom is 0.0797 e. The molecule has 11 heavy (non-hydrogen) atoms. The summed E-state index contributed by atoms with van der Waals surface area (Å²) in [6.45, 7) is 1.85. The van der Waals surface area contributed by atoms with Crippen LogP contribution in [0.2, 0.25) is 0 Å². The van der Waals surface area contributed by atoms with Crippen molar-refractivity contribution in [3.63, 3.8) is 0 Å². The first-order valence-corrected chi connectivity index (χ1v) is 4.07. The molecule has 1 aromatic heterocycles. The normalized spacial score (nSPS) is 13.0. The molecule has 1 atom stereocenters. The molecule has 0 aliphatic rings. The fourth-order valence-electron chi connectivity index (χ4n) is 0.846. The van der Waals surface area contributed by atoms with E-state index in [0.29, 0.717) is 5.69 Å². The lowest BCUT2D eigenvalue weighted by atomic mass is 10.2. The van der Waals surface area contributed by atoms with E-state index in [0.717, 1.165) is 10.2 Å². The molecule has 4 heteroatoms. The van der Waals surface area contributed by atoms with E-state index in [4.69, 9.17) is 11.5 Å². The van der Waals surface area contributed by atoms with E-state index in [1.165, 1.54) is 0 Å². The van der Waals surface area contributed by atoms with E-state index in [1.807, 2.05) is 6.92 Å². The van der Waals surface area contributed by atoms with Gasteiger partial charge in [0.15, 0.2) is 0 Å². The van der Waals surface area contributed by atoms with Gasteiger partial charge in [-0.3, -0.25) is 4.98 Å². The molecule has 0 aliphatic carbocycles. The average molecular weight is 216 g/mol. The molecule has 1 aromatic rings. The Kier molecular flexibility index (Phi) is 2.46. The van der Waals surface area contributed by atoms with Gasteiger partial charge in [0.25, 0.3) is 0 Å². The predicted octanol–water partition coefficient (Wildman–Crippen LogP) is 1.45. The zero-order valence-corrected chi connectivity index (χ0v) is 7.80. The largest absolute Gasteiger partial charge is 0.397 e. The topological polar surface area (TPSA) is 64.9 Å². The summed E-state index contributed by atoms with van der Waals surface area (Å²) in [4.78, 5) is 4.08. The van der Waals surface area contributed by atoms with Crippen LogP contribution in [0.25, 0.3) is 0 Å². The first-order valence-electron chi connectivity index (χ1n) is 3.27. The third kappa shape index (κ3) is 1.91. The zero-order valence-electron chi connectivity index (χ0n) is 6.21. The van der Waals surface area contributed by atoms with Crippen molar-refractivity contribution in [3.05, 3.63) is 22.4 Å². The Bertz CT molecular complexity index is 260. The zero-order chi connectivity index (χ0) is 8.43. The number of aromatic nitrogens is 1. The van der Waals surface area contributed by atoms with Gasteiger partial charge < -0.3 is 11.5 Å². The molecule has 0 bridgehead atoms. The number of rotatable bonds is 1. The van der Waals surface area contributed by atoms with Crippen molar-refractivity contribution >= 4 is 21.6 Å². The van der Waals surface area contributed by atoms with Crippen LogP contribution in [-0.2, 0) is 0 Å². The van der Waals surface area contributed by atoms with Crippen molar-refractivity contribution in [2.45, 2.75) is 13.0 Å². The maximum absolute atomic E-state index is 5.65. The molecular formula is C7H10BrN3. The molecule has 0 amide bonds. The maximum atomic E-state index is 5.65. The lowest BCUT2D eigenvalue weighted by molar-refractivity contribution is 0.784.